The van der Waals surface area contributed by atoms with Crippen LogP contribution in [0.1, 0.15) is 28.9 Å². The van der Waals surface area contributed by atoms with Gasteiger partial charge in [0, 0.05) is 24.7 Å². The van der Waals surface area contributed by atoms with Gasteiger partial charge in [-0.05, 0) is 60.9 Å². The van der Waals surface area contributed by atoms with Gasteiger partial charge in [0.25, 0.3) is 5.91 Å². The van der Waals surface area contributed by atoms with Gasteiger partial charge in [0.2, 0.25) is 5.91 Å². The van der Waals surface area contributed by atoms with Gasteiger partial charge in [-0.25, -0.2) is 8.78 Å². The molecule has 1 saturated heterocycles. The average Bonchev–Trinajstić information content (AvgIpc) is 3.26. The fraction of sp³-hybridized carbons (Fsp3) is 0.261. The van der Waals surface area contributed by atoms with Crippen LogP contribution in [0.15, 0.2) is 54.6 Å². The Labute approximate surface area is 178 Å². The van der Waals surface area contributed by atoms with Gasteiger partial charge in [0.05, 0.1) is 12.1 Å². The molecule has 0 unspecified atom stereocenters. The number of likely N-dealkylation sites (tertiary alicyclic amines) is 1. The first-order chi connectivity index (χ1) is 15.0. The standard InChI is InChI=1S/C23H22F2N4O2/c24-17-5-1-15(2-6-17)13-22(30)26-19-9-11-29(12-10-19)23(31)21-14-20(27-28-21)16-3-7-18(25)8-4-16/h1-8,14,19H,9-13H2,(H,26,30)(H,27,28). The predicted molar refractivity (Wildman–Crippen MR) is 111 cm³/mol. The van der Waals surface area contributed by atoms with E-state index < -0.39 is 0 Å². The highest BCUT2D eigenvalue weighted by Crippen LogP contribution is 2.20. The molecule has 2 heterocycles. The van der Waals surface area contributed by atoms with Gasteiger partial charge in [-0.3, -0.25) is 14.7 Å². The summed E-state index contributed by atoms with van der Waals surface area (Å²) in [5.74, 6) is -0.933. The van der Waals surface area contributed by atoms with E-state index in [-0.39, 0.29) is 35.9 Å². The lowest BCUT2D eigenvalue weighted by Gasteiger charge is -2.32. The van der Waals surface area contributed by atoms with E-state index in [2.05, 4.69) is 15.5 Å². The van der Waals surface area contributed by atoms with Gasteiger partial charge < -0.3 is 10.2 Å². The van der Waals surface area contributed by atoms with Crippen molar-refractivity contribution in [1.82, 2.24) is 20.4 Å². The molecule has 3 aromatic rings. The summed E-state index contributed by atoms with van der Waals surface area (Å²) in [6, 6.07) is 13.4. The Morgan fingerprint density at radius 2 is 1.61 bits per heavy atom. The Kier molecular flexibility index (Phi) is 6.06. The monoisotopic (exact) mass is 424 g/mol. The predicted octanol–water partition coefficient (Wildman–Crippen LogP) is 3.32. The summed E-state index contributed by atoms with van der Waals surface area (Å²) >= 11 is 0. The Hall–Kier alpha value is -3.55. The van der Waals surface area contributed by atoms with Crippen molar-refractivity contribution >= 4 is 11.8 Å². The van der Waals surface area contributed by atoms with E-state index in [9.17, 15) is 18.4 Å². The zero-order valence-electron chi connectivity index (χ0n) is 16.8. The molecule has 0 atom stereocenters. The summed E-state index contributed by atoms with van der Waals surface area (Å²) in [6.07, 6.45) is 1.50. The Morgan fingerprint density at radius 3 is 2.26 bits per heavy atom. The van der Waals surface area contributed by atoms with Gasteiger partial charge in [-0.2, -0.15) is 5.10 Å². The second-order valence-corrected chi connectivity index (χ2v) is 7.61. The molecule has 160 valence electrons. The number of hydrogen-bond donors (Lipinski definition) is 2. The van der Waals surface area contributed by atoms with E-state index >= 15 is 0 Å². The molecule has 8 heteroatoms. The molecule has 31 heavy (non-hydrogen) atoms. The molecule has 2 aromatic carbocycles. The lowest BCUT2D eigenvalue weighted by molar-refractivity contribution is -0.121. The van der Waals surface area contributed by atoms with E-state index in [1.807, 2.05) is 0 Å². The quantitative estimate of drug-likeness (QED) is 0.660. The van der Waals surface area contributed by atoms with E-state index in [1.54, 1.807) is 35.2 Å². The van der Waals surface area contributed by atoms with Crippen molar-refractivity contribution in [2.75, 3.05) is 13.1 Å². The molecular weight excluding hydrogens is 402 g/mol. The summed E-state index contributed by atoms with van der Waals surface area (Å²) in [7, 11) is 0. The summed E-state index contributed by atoms with van der Waals surface area (Å²) in [5.41, 5.74) is 2.42. The molecular formula is C23H22F2N4O2. The van der Waals surface area contributed by atoms with Crippen LogP contribution in [0.25, 0.3) is 11.3 Å². The van der Waals surface area contributed by atoms with Crippen molar-refractivity contribution in [3.8, 4) is 11.3 Å². The van der Waals surface area contributed by atoms with Crippen molar-refractivity contribution in [3.05, 3.63) is 77.5 Å². The Balaban J connectivity index is 1.28. The van der Waals surface area contributed by atoms with Crippen LogP contribution in [0.3, 0.4) is 0 Å². The molecule has 0 aliphatic carbocycles. The molecule has 0 bridgehead atoms. The lowest BCUT2D eigenvalue weighted by atomic mass is 10.0. The minimum absolute atomic E-state index is 0.00598. The number of H-pyrrole nitrogens is 1. The largest absolute Gasteiger partial charge is 0.353 e. The molecule has 2 N–H and O–H groups in total. The number of piperidine rings is 1. The maximum absolute atomic E-state index is 13.1. The number of aromatic amines is 1. The summed E-state index contributed by atoms with van der Waals surface area (Å²) < 4.78 is 26.1. The number of amides is 2. The number of aromatic nitrogens is 2. The van der Waals surface area contributed by atoms with Gasteiger partial charge in [0.1, 0.15) is 17.3 Å². The van der Waals surface area contributed by atoms with Crippen LogP contribution in [-0.2, 0) is 11.2 Å². The molecule has 0 radical (unpaired) electrons. The Morgan fingerprint density at radius 1 is 1.00 bits per heavy atom. The second kappa shape index (κ2) is 9.07. The average molecular weight is 424 g/mol. The number of nitrogens with zero attached hydrogens (tertiary/aromatic N) is 2. The first-order valence-corrected chi connectivity index (χ1v) is 10.1. The molecule has 4 rings (SSSR count). The molecule has 0 saturated carbocycles. The molecule has 1 aliphatic heterocycles. The summed E-state index contributed by atoms with van der Waals surface area (Å²) in [5, 5.41) is 9.91. The molecule has 1 fully saturated rings. The van der Waals surface area contributed by atoms with Gasteiger partial charge in [0.15, 0.2) is 0 Å². The number of hydrogen-bond acceptors (Lipinski definition) is 3. The minimum atomic E-state index is -0.330. The highest BCUT2D eigenvalue weighted by molar-refractivity contribution is 5.93. The second-order valence-electron chi connectivity index (χ2n) is 7.61. The molecule has 1 aliphatic rings. The highest BCUT2D eigenvalue weighted by Gasteiger charge is 2.25. The third-order valence-corrected chi connectivity index (χ3v) is 5.37. The SMILES string of the molecule is O=C(Cc1ccc(F)cc1)NC1CCN(C(=O)c2cc(-c3ccc(F)cc3)n[nH]2)CC1. The smallest absolute Gasteiger partial charge is 0.271 e. The maximum atomic E-state index is 13.1. The zero-order valence-corrected chi connectivity index (χ0v) is 16.8. The molecule has 6 nitrogen and oxygen atoms in total. The third kappa shape index (κ3) is 5.14. The van der Waals surface area contributed by atoms with Gasteiger partial charge >= 0.3 is 0 Å². The van der Waals surface area contributed by atoms with Crippen LogP contribution < -0.4 is 5.32 Å². The number of rotatable bonds is 5. The van der Waals surface area contributed by atoms with Crippen LogP contribution >= 0.6 is 0 Å². The lowest BCUT2D eigenvalue weighted by Crippen LogP contribution is -2.47. The highest BCUT2D eigenvalue weighted by atomic mass is 19.1. The van der Waals surface area contributed by atoms with E-state index in [0.717, 1.165) is 11.1 Å². The topological polar surface area (TPSA) is 78.1 Å². The zero-order chi connectivity index (χ0) is 21.8. The van der Waals surface area contributed by atoms with Crippen molar-refractivity contribution in [2.24, 2.45) is 0 Å². The number of benzene rings is 2. The van der Waals surface area contributed by atoms with Crippen molar-refractivity contribution < 1.29 is 18.4 Å². The van der Waals surface area contributed by atoms with Gasteiger partial charge in [-0.15, -0.1) is 0 Å². The van der Waals surface area contributed by atoms with Crippen LogP contribution in [-0.4, -0.2) is 46.0 Å². The first kappa shape index (κ1) is 20.7. The number of carbonyl (C=O) groups is 2. The van der Waals surface area contributed by atoms with Crippen LogP contribution in [0.2, 0.25) is 0 Å². The first-order valence-electron chi connectivity index (χ1n) is 10.1. The molecule has 2 amide bonds. The van der Waals surface area contributed by atoms with E-state index in [0.29, 0.717) is 37.3 Å². The van der Waals surface area contributed by atoms with Crippen molar-refractivity contribution in [1.29, 1.82) is 0 Å². The van der Waals surface area contributed by atoms with Crippen molar-refractivity contribution in [2.45, 2.75) is 25.3 Å². The fourth-order valence-corrected chi connectivity index (χ4v) is 3.66. The minimum Gasteiger partial charge on any atom is -0.353 e. The maximum Gasteiger partial charge on any atom is 0.271 e. The van der Waals surface area contributed by atoms with Crippen LogP contribution in [0, 0.1) is 11.6 Å². The third-order valence-electron chi connectivity index (χ3n) is 5.37. The fourth-order valence-electron chi connectivity index (χ4n) is 3.66. The van der Waals surface area contributed by atoms with Gasteiger partial charge in [-0.1, -0.05) is 12.1 Å². The van der Waals surface area contributed by atoms with E-state index in [4.69, 9.17) is 0 Å². The van der Waals surface area contributed by atoms with E-state index in [1.165, 1.54) is 24.3 Å². The number of nitrogens with one attached hydrogen (secondary N) is 2. The Bertz CT molecular complexity index is 1060. The van der Waals surface area contributed by atoms with Crippen LogP contribution in [0.4, 0.5) is 8.78 Å². The normalized spacial score (nSPS) is 14.5. The molecule has 1 aromatic heterocycles. The van der Waals surface area contributed by atoms with Crippen LogP contribution in [0.5, 0.6) is 0 Å². The number of carbonyl (C=O) groups excluding carboxylic acids is 2. The van der Waals surface area contributed by atoms with Crippen molar-refractivity contribution in [3.63, 3.8) is 0 Å². The summed E-state index contributed by atoms with van der Waals surface area (Å²) in [6.45, 7) is 1.04. The summed E-state index contributed by atoms with van der Waals surface area (Å²) in [4.78, 5) is 26.7. The number of halogens is 2. The molecule has 0 spiro atoms.